The largest absolute Gasteiger partial charge is 0.266 e. The number of halogens is 2. The van der Waals surface area contributed by atoms with Gasteiger partial charge in [-0.1, -0.05) is 18.5 Å². The second-order valence-corrected chi connectivity index (χ2v) is 8.94. The van der Waals surface area contributed by atoms with Gasteiger partial charge in [0, 0.05) is 16.4 Å². The summed E-state index contributed by atoms with van der Waals surface area (Å²) in [5.74, 6) is -0.155. The molecule has 18 heavy (non-hydrogen) atoms. The van der Waals surface area contributed by atoms with Crippen molar-refractivity contribution in [2.45, 2.75) is 25.3 Å². The molecule has 104 valence electrons. The van der Waals surface area contributed by atoms with Gasteiger partial charge in [-0.2, -0.15) is 5.10 Å². The van der Waals surface area contributed by atoms with Gasteiger partial charge < -0.3 is 0 Å². The molecule has 1 heterocycles. The molecule has 0 aliphatic carbocycles. The summed E-state index contributed by atoms with van der Waals surface area (Å²) >= 11 is 5.83. The van der Waals surface area contributed by atoms with Gasteiger partial charge in [-0.25, -0.2) is 16.8 Å². The minimum Gasteiger partial charge on any atom is -0.251 e. The summed E-state index contributed by atoms with van der Waals surface area (Å²) < 4.78 is 46.3. The summed E-state index contributed by atoms with van der Waals surface area (Å²) in [5, 5.41) is 3.70. The third kappa shape index (κ3) is 3.59. The van der Waals surface area contributed by atoms with Gasteiger partial charge in [0.25, 0.3) is 9.05 Å². The molecule has 0 aromatic carbocycles. The van der Waals surface area contributed by atoms with E-state index in [1.54, 1.807) is 0 Å². The topological polar surface area (TPSA) is 86.1 Å². The predicted molar refractivity (Wildman–Crippen MR) is 69.3 cm³/mol. The van der Waals surface area contributed by atoms with Gasteiger partial charge >= 0.3 is 0 Å². The Morgan fingerprint density at radius 1 is 1.28 bits per heavy atom. The van der Waals surface area contributed by atoms with Crippen LogP contribution in [-0.2, 0) is 25.4 Å². The van der Waals surface area contributed by atoms with E-state index in [-0.39, 0.29) is 33.8 Å². The zero-order valence-corrected chi connectivity index (χ0v) is 12.9. The maximum absolute atomic E-state index is 11.3. The van der Waals surface area contributed by atoms with E-state index in [9.17, 15) is 16.8 Å². The van der Waals surface area contributed by atoms with E-state index in [4.69, 9.17) is 22.3 Å². The van der Waals surface area contributed by atoms with E-state index >= 15 is 0 Å². The molecular formula is C8H12Cl2N2O4S2. The molecule has 10 heteroatoms. The van der Waals surface area contributed by atoms with Crippen molar-refractivity contribution in [2.75, 3.05) is 11.5 Å². The van der Waals surface area contributed by atoms with E-state index in [0.717, 1.165) is 4.68 Å². The predicted octanol–water partition coefficient (Wildman–Crippen LogP) is 1.21. The van der Waals surface area contributed by atoms with Crippen molar-refractivity contribution in [3.8, 4) is 0 Å². The molecule has 0 spiro atoms. The average molecular weight is 335 g/mol. The highest BCUT2D eigenvalue weighted by Gasteiger charge is 2.24. The lowest BCUT2D eigenvalue weighted by atomic mass is 10.5. The minimum atomic E-state index is -4.00. The number of sulfone groups is 1. The van der Waals surface area contributed by atoms with Crippen molar-refractivity contribution in [3.63, 3.8) is 0 Å². The Kier molecular flexibility index (Phi) is 4.69. The van der Waals surface area contributed by atoms with Crippen LogP contribution in [0, 0.1) is 6.92 Å². The van der Waals surface area contributed by atoms with E-state index in [2.05, 4.69) is 5.10 Å². The van der Waals surface area contributed by atoms with Gasteiger partial charge in [0.15, 0.2) is 9.84 Å². The number of hydrogen-bond acceptors (Lipinski definition) is 5. The van der Waals surface area contributed by atoms with Crippen LogP contribution >= 0.6 is 22.3 Å². The molecule has 0 saturated heterocycles. The summed E-state index contributed by atoms with van der Waals surface area (Å²) in [7, 11) is -1.95. The Hall–Kier alpha value is -0.310. The highest BCUT2D eigenvalue weighted by atomic mass is 35.7. The fraction of sp³-hybridized carbons (Fsp3) is 0.625. The van der Waals surface area contributed by atoms with Crippen LogP contribution in [-0.4, -0.2) is 38.1 Å². The molecule has 0 fully saturated rings. The Bertz CT molecular complexity index is 649. The lowest BCUT2D eigenvalue weighted by Gasteiger charge is -2.03. The van der Waals surface area contributed by atoms with E-state index in [1.807, 2.05) is 0 Å². The third-order valence-electron chi connectivity index (χ3n) is 2.31. The fourth-order valence-corrected chi connectivity index (χ4v) is 4.01. The quantitative estimate of drug-likeness (QED) is 0.755. The second kappa shape index (κ2) is 5.36. The molecule has 0 amide bonds. The number of aromatic nitrogens is 2. The number of rotatable bonds is 5. The normalized spacial score (nSPS) is 12.9. The van der Waals surface area contributed by atoms with Gasteiger partial charge in [-0.05, 0) is 6.92 Å². The smallest absolute Gasteiger partial charge is 0.251 e. The molecule has 0 N–H and O–H groups in total. The first-order valence-electron chi connectivity index (χ1n) is 4.96. The van der Waals surface area contributed by atoms with Crippen LogP contribution in [0.1, 0.15) is 12.6 Å². The lowest BCUT2D eigenvalue weighted by molar-refractivity contribution is 0.581. The first kappa shape index (κ1) is 15.7. The van der Waals surface area contributed by atoms with Gasteiger partial charge in [0.2, 0.25) is 0 Å². The van der Waals surface area contributed by atoms with Crippen LogP contribution in [0.2, 0.25) is 5.15 Å². The molecule has 0 unspecified atom stereocenters. The van der Waals surface area contributed by atoms with Gasteiger partial charge in [-0.15, -0.1) is 0 Å². The molecular weight excluding hydrogens is 323 g/mol. The number of aryl methyl sites for hydroxylation is 2. The first-order chi connectivity index (χ1) is 8.08. The summed E-state index contributed by atoms with van der Waals surface area (Å²) in [6, 6.07) is 0. The van der Waals surface area contributed by atoms with Gasteiger partial charge in [0.1, 0.15) is 10.0 Å². The van der Waals surface area contributed by atoms with E-state index in [0.29, 0.717) is 0 Å². The zero-order chi connectivity index (χ0) is 14.1. The second-order valence-electron chi connectivity index (χ2n) is 3.60. The van der Waals surface area contributed by atoms with Crippen molar-refractivity contribution in [1.29, 1.82) is 0 Å². The monoisotopic (exact) mass is 334 g/mol. The molecule has 0 saturated carbocycles. The van der Waals surface area contributed by atoms with Crippen LogP contribution in [0.3, 0.4) is 0 Å². The molecule has 0 radical (unpaired) electrons. The number of nitrogens with zero attached hydrogens (tertiary/aromatic N) is 2. The summed E-state index contributed by atoms with van der Waals surface area (Å²) in [6.45, 7) is 2.95. The molecule has 1 aromatic rings. The van der Waals surface area contributed by atoms with Crippen molar-refractivity contribution in [3.05, 3.63) is 10.8 Å². The summed E-state index contributed by atoms with van der Waals surface area (Å²) in [6.07, 6.45) is 0. The average Bonchev–Trinajstić information content (AvgIpc) is 2.50. The van der Waals surface area contributed by atoms with Crippen LogP contribution in [0.25, 0.3) is 0 Å². The summed E-state index contributed by atoms with van der Waals surface area (Å²) in [4.78, 5) is -0.278. The lowest BCUT2D eigenvalue weighted by Crippen LogP contribution is -2.15. The van der Waals surface area contributed by atoms with Gasteiger partial charge in [0.05, 0.1) is 18.0 Å². The van der Waals surface area contributed by atoms with Crippen molar-refractivity contribution < 1.29 is 16.8 Å². The standard InChI is InChI=1S/C8H12Cl2N2O4S2/c1-3-17(13,14)5-4-12-8(9)7(6(2)11-12)18(10,15)16/h3-5H2,1-2H3. The van der Waals surface area contributed by atoms with E-state index in [1.165, 1.54) is 13.8 Å². The maximum atomic E-state index is 11.3. The molecule has 1 rings (SSSR count). The Labute approximate surface area is 115 Å². The summed E-state index contributed by atoms with van der Waals surface area (Å²) in [5.41, 5.74) is 0.142. The van der Waals surface area contributed by atoms with Gasteiger partial charge in [-0.3, -0.25) is 4.68 Å². The molecule has 6 nitrogen and oxygen atoms in total. The zero-order valence-electron chi connectivity index (χ0n) is 9.72. The molecule has 0 aliphatic rings. The Morgan fingerprint density at radius 3 is 2.22 bits per heavy atom. The van der Waals surface area contributed by atoms with Crippen molar-refractivity contribution >= 4 is 41.2 Å². The molecule has 0 aliphatic heterocycles. The Balaban J connectivity index is 3.08. The van der Waals surface area contributed by atoms with Crippen LogP contribution < -0.4 is 0 Å². The van der Waals surface area contributed by atoms with Crippen molar-refractivity contribution in [2.24, 2.45) is 0 Å². The number of hydrogen-bond donors (Lipinski definition) is 0. The molecule has 1 aromatic heterocycles. The van der Waals surface area contributed by atoms with Crippen LogP contribution in [0.15, 0.2) is 4.90 Å². The molecule has 0 bridgehead atoms. The van der Waals surface area contributed by atoms with Crippen LogP contribution in [0.5, 0.6) is 0 Å². The van der Waals surface area contributed by atoms with E-state index < -0.39 is 18.9 Å². The highest BCUT2D eigenvalue weighted by molar-refractivity contribution is 8.13. The first-order valence-corrected chi connectivity index (χ1v) is 9.47. The van der Waals surface area contributed by atoms with Crippen molar-refractivity contribution in [1.82, 2.24) is 9.78 Å². The maximum Gasteiger partial charge on any atom is 0.266 e. The molecule has 0 atom stereocenters. The third-order valence-corrected chi connectivity index (χ3v) is 5.93. The minimum absolute atomic E-state index is 0.00549. The fourth-order valence-electron chi connectivity index (χ4n) is 1.33. The van der Waals surface area contributed by atoms with Crippen LogP contribution in [0.4, 0.5) is 0 Å². The SMILES string of the molecule is CCS(=O)(=O)CCn1nc(C)c(S(=O)(=O)Cl)c1Cl. The Morgan fingerprint density at radius 2 is 1.83 bits per heavy atom. The highest BCUT2D eigenvalue weighted by Crippen LogP contribution is 2.27.